The first-order valence-corrected chi connectivity index (χ1v) is 9.83. The highest BCUT2D eigenvalue weighted by Crippen LogP contribution is 2.19. The molecule has 0 fully saturated rings. The minimum Gasteiger partial charge on any atom is -0.466 e. The van der Waals surface area contributed by atoms with Crippen molar-refractivity contribution in [2.45, 2.75) is 32.8 Å². The maximum atomic E-state index is 12.5. The van der Waals surface area contributed by atoms with Crippen LogP contribution in [0.2, 0.25) is 0 Å². The number of esters is 2. The molecule has 0 saturated heterocycles. The van der Waals surface area contributed by atoms with Gasteiger partial charge >= 0.3 is 11.9 Å². The third-order valence-corrected chi connectivity index (χ3v) is 4.70. The number of oxazole rings is 1. The Morgan fingerprint density at radius 1 is 1.28 bits per heavy atom. The van der Waals surface area contributed by atoms with Gasteiger partial charge in [0, 0.05) is 5.38 Å². The number of nitrogens with zero attached hydrogens (tertiary/aromatic N) is 2. The molecule has 29 heavy (non-hydrogen) atoms. The summed E-state index contributed by atoms with van der Waals surface area (Å²) in [5.41, 5.74) is 1.83. The van der Waals surface area contributed by atoms with Gasteiger partial charge in [0.25, 0.3) is 5.91 Å². The lowest BCUT2D eigenvalue weighted by Gasteiger charge is -2.15. The fraction of sp³-hybridized carbons (Fsp3) is 0.316. The van der Waals surface area contributed by atoms with E-state index in [1.54, 1.807) is 31.4 Å². The van der Waals surface area contributed by atoms with Gasteiger partial charge in [0.15, 0.2) is 23.2 Å². The van der Waals surface area contributed by atoms with Crippen molar-refractivity contribution in [2.24, 2.45) is 0 Å². The first kappa shape index (κ1) is 20.5. The number of thiazole rings is 1. The second kappa shape index (κ2) is 9.28. The molecular weight excluding hydrogens is 398 g/mol. The van der Waals surface area contributed by atoms with E-state index in [0.717, 1.165) is 0 Å². The number of nitrogens with one attached hydrogen (secondary N) is 1. The van der Waals surface area contributed by atoms with Crippen molar-refractivity contribution in [3.63, 3.8) is 0 Å². The van der Waals surface area contributed by atoms with Gasteiger partial charge in [0.2, 0.25) is 0 Å². The Kier molecular flexibility index (Phi) is 6.55. The Hall–Kier alpha value is -3.27. The smallest absolute Gasteiger partial charge is 0.338 e. The third kappa shape index (κ3) is 5.17. The number of aromatic nitrogens is 2. The molecule has 152 valence electrons. The fourth-order valence-corrected chi connectivity index (χ4v) is 3.21. The summed E-state index contributed by atoms with van der Waals surface area (Å²) in [4.78, 5) is 44.6. The molecule has 0 saturated carbocycles. The number of ether oxygens (including phenoxy) is 2. The van der Waals surface area contributed by atoms with E-state index in [4.69, 9.17) is 13.9 Å². The van der Waals surface area contributed by atoms with Crippen molar-refractivity contribution < 1.29 is 28.3 Å². The average Bonchev–Trinajstić information content (AvgIpc) is 3.34. The molecule has 0 aliphatic heterocycles. The molecule has 1 atom stereocenters. The van der Waals surface area contributed by atoms with E-state index < -0.39 is 18.0 Å². The largest absolute Gasteiger partial charge is 0.466 e. The third-order valence-electron chi connectivity index (χ3n) is 3.89. The van der Waals surface area contributed by atoms with Gasteiger partial charge in [-0.05, 0) is 31.5 Å². The number of benzene rings is 1. The summed E-state index contributed by atoms with van der Waals surface area (Å²) >= 11 is 1.17. The Morgan fingerprint density at radius 2 is 2.10 bits per heavy atom. The minimum absolute atomic E-state index is 0.0247. The molecule has 1 amide bonds. The van der Waals surface area contributed by atoms with Crippen molar-refractivity contribution in [1.29, 1.82) is 0 Å². The van der Waals surface area contributed by atoms with Crippen LogP contribution in [0.3, 0.4) is 0 Å². The van der Waals surface area contributed by atoms with Gasteiger partial charge in [-0.1, -0.05) is 6.92 Å². The molecule has 9 nitrogen and oxygen atoms in total. The molecular formula is C19H19N3O6S. The number of amides is 1. The topological polar surface area (TPSA) is 121 Å². The van der Waals surface area contributed by atoms with Crippen molar-refractivity contribution in [1.82, 2.24) is 9.97 Å². The van der Waals surface area contributed by atoms with E-state index in [2.05, 4.69) is 15.3 Å². The number of carbonyl (C=O) groups excluding carboxylic acids is 3. The van der Waals surface area contributed by atoms with Crippen molar-refractivity contribution in [2.75, 3.05) is 11.9 Å². The lowest BCUT2D eigenvalue weighted by molar-refractivity contribution is -0.142. The van der Waals surface area contributed by atoms with Crippen LogP contribution in [0.5, 0.6) is 0 Å². The zero-order chi connectivity index (χ0) is 20.8. The fourth-order valence-electron chi connectivity index (χ4n) is 2.50. The quantitative estimate of drug-likeness (QED) is 0.555. The van der Waals surface area contributed by atoms with Gasteiger partial charge in [-0.2, -0.15) is 0 Å². The zero-order valence-electron chi connectivity index (χ0n) is 15.8. The van der Waals surface area contributed by atoms with Crippen molar-refractivity contribution >= 4 is 45.4 Å². The number of anilines is 1. The first-order chi connectivity index (χ1) is 14.0. The molecule has 1 aromatic carbocycles. The van der Waals surface area contributed by atoms with Crippen LogP contribution >= 0.6 is 11.3 Å². The van der Waals surface area contributed by atoms with Crippen LogP contribution in [0.15, 0.2) is 34.4 Å². The highest BCUT2D eigenvalue weighted by Gasteiger charge is 2.23. The van der Waals surface area contributed by atoms with E-state index in [0.29, 0.717) is 28.5 Å². The highest BCUT2D eigenvalue weighted by atomic mass is 32.1. The van der Waals surface area contributed by atoms with Crippen molar-refractivity contribution in [3.05, 3.63) is 41.2 Å². The van der Waals surface area contributed by atoms with Crippen LogP contribution < -0.4 is 5.32 Å². The van der Waals surface area contributed by atoms with Crippen LogP contribution in [0.25, 0.3) is 11.1 Å². The summed E-state index contributed by atoms with van der Waals surface area (Å²) in [5.74, 6) is -1.53. The van der Waals surface area contributed by atoms with Gasteiger partial charge in [-0.25, -0.2) is 14.8 Å². The first-order valence-electron chi connectivity index (χ1n) is 8.95. The van der Waals surface area contributed by atoms with E-state index >= 15 is 0 Å². The van der Waals surface area contributed by atoms with Gasteiger partial charge < -0.3 is 13.9 Å². The van der Waals surface area contributed by atoms with E-state index in [1.807, 2.05) is 0 Å². The van der Waals surface area contributed by atoms with Gasteiger partial charge in [0.1, 0.15) is 5.52 Å². The van der Waals surface area contributed by atoms with Crippen LogP contribution in [-0.4, -0.2) is 40.5 Å². The summed E-state index contributed by atoms with van der Waals surface area (Å²) in [5, 5.41) is 4.58. The molecule has 0 radical (unpaired) electrons. The molecule has 0 bridgehead atoms. The summed E-state index contributed by atoms with van der Waals surface area (Å²) in [6.07, 6.45) is 0.599. The van der Waals surface area contributed by atoms with E-state index in [-0.39, 0.29) is 24.4 Å². The summed E-state index contributed by atoms with van der Waals surface area (Å²) in [7, 11) is 0. The molecule has 10 heteroatoms. The Bertz CT molecular complexity index is 1030. The molecule has 0 spiro atoms. The number of carbonyl (C=O) groups is 3. The lowest BCUT2D eigenvalue weighted by atomic mass is 10.2. The Labute approximate surface area is 170 Å². The van der Waals surface area contributed by atoms with Gasteiger partial charge in [0.05, 0.1) is 24.3 Å². The van der Waals surface area contributed by atoms with Crippen LogP contribution in [0, 0.1) is 0 Å². The van der Waals surface area contributed by atoms with Crippen LogP contribution in [0.4, 0.5) is 5.13 Å². The summed E-state index contributed by atoms with van der Waals surface area (Å²) in [6, 6.07) is 4.69. The minimum atomic E-state index is -0.993. The Morgan fingerprint density at radius 3 is 2.86 bits per heavy atom. The van der Waals surface area contributed by atoms with Crippen LogP contribution in [-0.2, 0) is 25.5 Å². The molecule has 2 aromatic heterocycles. The second-order valence-corrected chi connectivity index (χ2v) is 6.81. The molecule has 3 aromatic rings. The lowest BCUT2D eigenvalue weighted by Crippen LogP contribution is -2.32. The SMILES string of the molecule is CCOC(=O)Cc1csc(NC(=O)C(CC)OC(=O)c2ccc3ocnc3c2)n1. The zero-order valence-corrected chi connectivity index (χ0v) is 16.7. The molecule has 1 N–H and O–H groups in total. The van der Waals surface area contributed by atoms with E-state index in [9.17, 15) is 14.4 Å². The number of rotatable bonds is 8. The normalized spacial score (nSPS) is 11.8. The maximum absolute atomic E-state index is 12.5. The van der Waals surface area contributed by atoms with E-state index in [1.165, 1.54) is 23.8 Å². The number of fused-ring (bicyclic) bond motifs is 1. The van der Waals surface area contributed by atoms with Gasteiger partial charge in [-0.3, -0.25) is 14.9 Å². The standard InChI is InChI=1S/C19H19N3O6S/c1-3-14(28-18(25)11-5-6-15-13(7-11)20-10-27-15)17(24)22-19-21-12(9-29-19)8-16(23)26-4-2/h5-7,9-10,14H,3-4,8H2,1-2H3,(H,21,22,24). The molecule has 0 aliphatic carbocycles. The molecule has 3 rings (SSSR count). The predicted molar refractivity (Wildman–Crippen MR) is 105 cm³/mol. The maximum Gasteiger partial charge on any atom is 0.338 e. The van der Waals surface area contributed by atoms with Crippen molar-refractivity contribution in [3.8, 4) is 0 Å². The molecule has 0 aliphatic rings. The second-order valence-electron chi connectivity index (χ2n) is 5.95. The molecule has 2 heterocycles. The van der Waals surface area contributed by atoms with Crippen LogP contribution in [0.1, 0.15) is 36.3 Å². The summed E-state index contributed by atoms with van der Waals surface area (Å²) < 4.78 is 15.3. The Balaban J connectivity index is 1.60. The average molecular weight is 417 g/mol. The monoisotopic (exact) mass is 417 g/mol. The predicted octanol–water partition coefficient (Wildman–Crippen LogP) is 2.96. The highest BCUT2D eigenvalue weighted by molar-refractivity contribution is 7.13. The number of hydrogen-bond acceptors (Lipinski definition) is 9. The number of hydrogen-bond donors (Lipinski definition) is 1. The molecule has 1 unspecified atom stereocenters. The summed E-state index contributed by atoms with van der Waals surface area (Å²) in [6.45, 7) is 3.74. The van der Waals surface area contributed by atoms with Gasteiger partial charge in [-0.15, -0.1) is 11.3 Å².